The van der Waals surface area contributed by atoms with E-state index in [0.29, 0.717) is 25.1 Å². The zero-order chi connectivity index (χ0) is 27.5. The number of hydrogen-bond donors (Lipinski definition) is 1. The highest BCUT2D eigenvalue weighted by molar-refractivity contribution is 5.88. The third kappa shape index (κ3) is 5.03. The van der Waals surface area contributed by atoms with Crippen molar-refractivity contribution >= 4 is 5.91 Å². The molecule has 39 heavy (non-hydrogen) atoms. The van der Waals surface area contributed by atoms with Crippen LogP contribution in [-0.2, 0) is 21.7 Å². The molecule has 0 bridgehead atoms. The molecule has 5 rings (SSSR count). The van der Waals surface area contributed by atoms with Gasteiger partial charge in [-0.3, -0.25) is 4.79 Å². The molecule has 2 fully saturated rings. The number of aromatic nitrogens is 1. The third-order valence-electron chi connectivity index (χ3n) is 8.27. The first-order valence-corrected chi connectivity index (χ1v) is 13.1. The van der Waals surface area contributed by atoms with Gasteiger partial charge in [-0.1, -0.05) is 48.5 Å². The molecule has 3 heterocycles. The molecular formula is C29H32F3N3O4. The standard InChI is InChI=1S/C29H32F3N3O4/c1-37-28(29(30,31)32,21-7-3-2-4-8-21)26(36)35-15-12-27(13-16-35)11-14-33-18-24(27)23-9-5-6-10-25(23)38-19-22-17-34-20-39-22/h2-10,17,20,24,33H,11-16,18-19H2,1H3/t24?,28-/m1/s1. The number of hydrogen-bond acceptors (Lipinski definition) is 6. The number of carbonyl (C=O) groups is 1. The molecule has 1 N–H and O–H groups in total. The van der Waals surface area contributed by atoms with Gasteiger partial charge in [-0.25, -0.2) is 4.98 Å². The van der Waals surface area contributed by atoms with E-state index in [1.807, 2.05) is 24.3 Å². The first kappa shape index (κ1) is 27.2. The summed E-state index contributed by atoms with van der Waals surface area (Å²) in [6.07, 6.45) is 0.0435. The summed E-state index contributed by atoms with van der Waals surface area (Å²) in [5.74, 6) is 0.344. The number of amides is 1. The number of para-hydroxylation sites is 1. The lowest BCUT2D eigenvalue weighted by Crippen LogP contribution is -2.59. The number of alkyl halides is 3. The van der Waals surface area contributed by atoms with Gasteiger partial charge in [-0.2, -0.15) is 13.2 Å². The van der Waals surface area contributed by atoms with Crippen molar-refractivity contribution in [2.24, 2.45) is 5.41 Å². The Bertz CT molecular complexity index is 1240. The molecule has 2 atom stereocenters. The average molecular weight is 544 g/mol. The SMILES string of the molecule is CO[C@@](C(=O)N1CCC2(CCNCC2c2ccccc2OCc2cnco2)CC1)(c1ccccc1)C(F)(F)F. The van der Waals surface area contributed by atoms with Gasteiger partial charge in [-0.15, -0.1) is 0 Å². The molecule has 208 valence electrons. The number of oxazole rings is 1. The largest absolute Gasteiger partial charge is 0.485 e. The van der Waals surface area contributed by atoms with Crippen LogP contribution in [0, 0.1) is 5.41 Å². The Morgan fingerprint density at radius 3 is 2.49 bits per heavy atom. The van der Waals surface area contributed by atoms with Gasteiger partial charge < -0.3 is 24.1 Å². The number of rotatable bonds is 7. The van der Waals surface area contributed by atoms with Crippen molar-refractivity contribution in [3.05, 3.63) is 84.1 Å². The number of methoxy groups -OCH3 is 1. The maximum atomic E-state index is 14.5. The van der Waals surface area contributed by atoms with Crippen molar-refractivity contribution in [1.29, 1.82) is 0 Å². The molecule has 1 aromatic heterocycles. The van der Waals surface area contributed by atoms with E-state index in [2.05, 4.69) is 10.3 Å². The molecule has 2 aliphatic heterocycles. The predicted molar refractivity (Wildman–Crippen MR) is 137 cm³/mol. The molecule has 2 aliphatic rings. The van der Waals surface area contributed by atoms with Crippen LogP contribution in [0.2, 0.25) is 0 Å². The lowest BCUT2D eigenvalue weighted by atomic mass is 9.62. The second-order valence-electron chi connectivity index (χ2n) is 10.2. The van der Waals surface area contributed by atoms with Gasteiger partial charge in [0.25, 0.3) is 11.5 Å². The molecule has 7 nitrogen and oxygen atoms in total. The van der Waals surface area contributed by atoms with E-state index in [4.69, 9.17) is 13.9 Å². The normalized spacial score (nSPS) is 20.9. The third-order valence-corrected chi connectivity index (χ3v) is 8.27. The van der Waals surface area contributed by atoms with Crippen LogP contribution >= 0.6 is 0 Å². The lowest BCUT2D eigenvalue weighted by Gasteiger charge is -2.51. The van der Waals surface area contributed by atoms with Gasteiger partial charge in [0.1, 0.15) is 12.4 Å². The fraction of sp³-hybridized carbons (Fsp3) is 0.448. The number of nitrogens with zero attached hydrogens (tertiary/aromatic N) is 2. The minimum atomic E-state index is -4.92. The van der Waals surface area contributed by atoms with Gasteiger partial charge in [0.15, 0.2) is 12.2 Å². The number of piperidine rings is 2. The number of carbonyl (C=O) groups excluding carboxylic acids is 1. The van der Waals surface area contributed by atoms with Gasteiger partial charge in [0.05, 0.1) is 6.20 Å². The van der Waals surface area contributed by atoms with Crippen LogP contribution in [0.25, 0.3) is 0 Å². The highest BCUT2D eigenvalue weighted by Gasteiger charge is 2.64. The number of nitrogens with one attached hydrogen (secondary N) is 1. The minimum absolute atomic E-state index is 0.0679. The van der Waals surface area contributed by atoms with E-state index in [9.17, 15) is 18.0 Å². The molecule has 0 saturated carbocycles. The van der Waals surface area contributed by atoms with Crippen LogP contribution < -0.4 is 10.1 Å². The molecule has 0 aliphatic carbocycles. The Labute approximate surface area is 225 Å². The number of ether oxygens (including phenoxy) is 2. The van der Waals surface area contributed by atoms with Crippen LogP contribution in [0.3, 0.4) is 0 Å². The minimum Gasteiger partial charge on any atom is -0.485 e. The monoisotopic (exact) mass is 543 g/mol. The van der Waals surface area contributed by atoms with Crippen molar-refractivity contribution in [2.75, 3.05) is 33.3 Å². The van der Waals surface area contributed by atoms with E-state index >= 15 is 0 Å². The van der Waals surface area contributed by atoms with Crippen molar-refractivity contribution in [3.8, 4) is 5.75 Å². The maximum absolute atomic E-state index is 14.5. The highest BCUT2D eigenvalue weighted by atomic mass is 19.4. The van der Waals surface area contributed by atoms with Crippen LogP contribution in [0.5, 0.6) is 5.75 Å². The van der Waals surface area contributed by atoms with Crippen LogP contribution in [0.1, 0.15) is 42.1 Å². The summed E-state index contributed by atoms with van der Waals surface area (Å²) in [5.41, 5.74) is -2.42. The van der Waals surface area contributed by atoms with E-state index < -0.39 is 17.7 Å². The van der Waals surface area contributed by atoms with E-state index in [0.717, 1.165) is 31.4 Å². The highest BCUT2D eigenvalue weighted by Crippen LogP contribution is 2.51. The molecule has 2 aromatic carbocycles. The Balaban J connectivity index is 1.38. The summed E-state index contributed by atoms with van der Waals surface area (Å²) in [6.45, 7) is 2.18. The topological polar surface area (TPSA) is 76.8 Å². The second-order valence-corrected chi connectivity index (χ2v) is 10.2. The molecule has 1 amide bonds. The van der Waals surface area contributed by atoms with E-state index in [1.54, 1.807) is 12.3 Å². The Hall–Kier alpha value is -3.37. The van der Waals surface area contributed by atoms with Crippen molar-refractivity contribution in [1.82, 2.24) is 15.2 Å². The zero-order valence-corrected chi connectivity index (χ0v) is 21.7. The first-order chi connectivity index (χ1) is 18.8. The molecular weight excluding hydrogens is 511 g/mol. The fourth-order valence-corrected chi connectivity index (χ4v) is 6.15. The molecule has 3 aromatic rings. The Morgan fingerprint density at radius 2 is 1.82 bits per heavy atom. The molecule has 1 spiro atoms. The quantitative estimate of drug-likeness (QED) is 0.450. The average Bonchev–Trinajstić information content (AvgIpc) is 3.47. The smallest absolute Gasteiger partial charge is 0.430 e. The lowest BCUT2D eigenvalue weighted by molar-refractivity contribution is -0.271. The Morgan fingerprint density at radius 1 is 1.10 bits per heavy atom. The van der Waals surface area contributed by atoms with E-state index in [-0.39, 0.29) is 36.6 Å². The second kappa shape index (κ2) is 11.0. The Kier molecular flexibility index (Phi) is 7.68. The van der Waals surface area contributed by atoms with Crippen molar-refractivity contribution < 1.29 is 31.9 Å². The van der Waals surface area contributed by atoms with Crippen LogP contribution in [0.4, 0.5) is 13.2 Å². The molecule has 2 saturated heterocycles. The number of likely N-dealkylation sites (tertiary alicyclic amines) is 1. The number of benzene rings is 2. The van der Waals surface area contributed by atoms with Crippen molar-refractivity contribution in [3.63, 3.8) is 0 Å². The summed E-state index contributed by atoms with van der Waals surface area (Å²) in [4.78, 5) is 18.9. The first-order valence-electron chi connectivity index (χ1n) is 13.1. The fourth-order valence-electron chi connectivity index (χ4n) is 6.15. The maximum Gasteiger partial charge on any atom is 0.430 e. The van der Waals surface area contributed by atoms with Gasteiger partial charge in [0.2, 0.25) is 0 Å². The van der Waals surface area contributed by atoms with Crippen LogP contribution in [-0.4, -0.2) is 55.3 Å². The summed E-state index contributed by atoms with van der Waals surface area (Å²) in [7, 11) is 0.947. The van der Waals surface area contributed by atoms with Crippen LogP contribution in [0.15, 0.2) is 71.6 Å². The predicted octanol–water partition coefficient (Wildman–Crippen LogP) is 5.04. The molecule has 10 heteroatoms. The summed E-state index contributed by atoms with van der Waals surface area (Å²) in [6, 6.07) is 15.0. The van der Waals surface area contributed by atoms with Gasteiger partial charge in [-0.05, 0) is 42.9 Å². The number of halogens is 3. The van der Waals surface area contributed by atoms with Crippen molar-refractivity contribution in [2.45, 2.75) is 43.6 Å². The van der Waals surface area contributed by atoms with Gasteiger partial charge >= 0.3 is 6.18 Å². The summed E-state index contributed by atoms with van der Waals surface area (Å²) < 4.78 is 60.0. The molecule has 0 radical (unpaired) electrons. The van der Waals surface area contributed by atoms with Gasteiger partial charge in [0, 0.05) is 38.2 Å². The zero-order valence-electron chi connectivity index (χ0n) is 21.7. The molecule has 1 unspecified atom stereocenters. The van der Waals surface area contributed by atoms with E-state index in [1.165, 1.54) is 35.6 Å². The summed E-state index contributed by atoms with van der Waals surface area (Å²) in [5, 5.41) is 3.48. The summed E-state index contributed by atoms with van der Waals surface area (Å²) >= 11 is 0.